The molecule has 0 amide bonds. The molecule has 3 heteroatoms. The average Bonchev–Trinajstić information content (AvgIpc) is 2.27. The number of benzene rings is 1. The molecule has 1 aromatic carbocycles. The highest BCUT2D eigenvalue weighted by Gasteiger charge is 2.29. The van der Waals surface area contributed by atoms with E-state index in [9.17, 15) is 0 Å². The van der Waals surface area contributed by atoms with E-state index < -0.39 is 0 Å². The third-order valence-corrected chi connectivity index (χ3v) is 4.74. The number of hydrogen-bond donors (Lipinski definition) is 0. The largest absolute Gasteiger partial charge is 0.384 e. The number of ether oxygens (including phenoxy) is 1. The van der Waals surface area contributed by atoms with Crippen molar-refractivity contribution in [2.75, 3.05) is 24.4 Å². The maximum absolute atomic E-state index is 5.31. The molecule has 0 fully saturated rings. The third kappa shape index (κ3) is 3.05. The first-order valence-electron chi connectivity index (χ1n) is 4.86. The van der Waals surface area contributed by atoms with Gasteiger partial charge >= 0.3 is 0 Å². The Morgan fingerprint density at radius 3 is 2.07 bits per heavy atom. The summed E-state index contributed by atoms with van der Waals surface area (Å²) in [5, 5.41) is 1.78. The lowest BCUT2D eigenvalue weighted by atomic mass is 9.85. The van der Waals surface area contributed by atoms with Gasteiger partial charge in [0.15, 0.2) is 0 Å². The van der Waals surface area contributed by atoms with Crippen LogP contribution in [0.15, 0.2) is 24.3 Å². The van der Waals surface area contributed by atoms with Gasteiger partial charge in [-0.2, -0.15) is 0 Å². The lowest BCUT2D eigenvalue weighted by Gasteiger charge is -2.29. The minimum absolute atomic E-state index is 0.0302. The van der Waals surface area contributed by atoms with Crippen molar-refractivity contribution in [1.82, 2.24) is 0 Å². The number of halogens is 2. The van der Waals surface area contributed by atoms with Crippen LogP contribution in [0.25, 0.3) is 0 Å². The van der Waals surface area contributed by atoms with Crippen molar-refractivity contribution in [1.29, 1.82) is 0 Å². The van der Waals surface area contributed by atoms with Crippen molar-refractivity contribution >= 4 is 31.9 Å². The summed E-state index contributed by atoms with van der Waals surface area (Å²) in [7, 11) is 1.74. The van der Waals surface area contributed by atoms with Gasteiger partial charge in [0.1, 0.15) is 0 Å². The van der Waals surface area contributed by atoms with Gasteiger partial charge in [-0.1, -0.05) is 61.7 Å². The Balaban J connectivity index is 3.02. The summed E-state index contributed by atoms with van der Waals surface area (Å²) in [6.07, 6.45) is 0. The molecule has 0 N–H and O–H groups in total. The van der Waals surface area contributed by atoms with Gasteiger partial charge in [0.25, 0.3) is 0 Å². The van der Waals surface area contributed by atoms with Crippen LogP contribution in [0.4, 0.5) is 0 Å². The molecule has 0 atom stereocenters. The van der Waals surface area contributed by atoms with Crippen LogP contribution in [0.3, 0.4) is 0 Å². The Kier molecular flexibility index (Phi) is 5.30. The first kappa shape index (κ1) is 13.2. The molecule has 0 radical (unpaired) electrons. The summed E-state index contributed by atoms with van der Waals surface area (Å²) >= 11 is 7.16. The zero-order chi connectivity index (χ0) is 11.3. The molecule has 1 rings (SSSR count). The molecule has 84 valence electrons. The summed E-state index contributed by atoms with van der Waals surface area (Å²) in [6.45, 7) is 2.82. The van der Waals surface area contributed by atoms with E-state index in [0.717, 1.165) is 10.7 Å². The zero-order valence-corrected chi connectivity index (χ0v) is 12.3. The van der Waals surface area contributed by atoms with Gasteiger partial charge in [0.05, 0.1) is 6.61 Å². The molecular weight excluding hydrogens is 320 g/mol. The van der Waals surface area contributed by atoms with E-state index >= 15 is 0 Å². The van der Waals surface area contributed by atoms with Gasteiger partial charge in [0.2, 0.25) is 0 Å². The summed E-state index contributed by atoms with van der Waals surface area (Å²) in [5.41, 5.74) is 2.63. The van der Waals surface area contributed by atoms with Crippen molar-refractivity contribution < 1.29 is 4.74 Å². The predicted octanol–water partition coefficient (Wildman–Crippen LogP) is 3.67. The fourth-order valence-electron chi connectivity index (χ4n) is 1.53. The molecule has 0 saturated carbocycles. The minimum atomic E-state index is 0.0302. The number of rotatable bonds is 5. The Morgan fingerprint density at radius 2 is 1.67 bits per heavy atom. The van der Waals surface area contributed by atoms with Crippen molar-refractivity contribution in [3.05, 3.63) is 35.4 Å². The molecular formula is C12H16Br2O. The molecule has 0 unspecified atom stereocenters. The SMILES string of the molecule is COCC(CBr)(CBr)c1ccc(C)cc1. The normalized spacial score (nSPS) is 11.7. The molecule has 0 aliphatic carbocycles. The van der Waals surface area contributed by atoms with Gasteiger partial charge in [-0.05, 0) is 12.5 Å². The number of alkyl halides is 2. The van der Waals surface area contributed by atoms with E-state index in [1.54, 1.807) is 7.11 Å². The predicted molar refractivity (Wildman–Crippen MR) is 72.3 cm³/mol. The molecule has 0 aliphatic rings. The monoisotopic (exact) mass is 334 g/mol. The second-order valence-corrected chi connectivity index (χ2v) is 4.97. The fourth-order valence-corrected chi connectivity index (χ4v) is 3.43. The molecule has 0 aromatic heterocycles. The Labute approximate surface area is 108 Å². The van der Waals surface area contributed by atoms with Gasteiger partial charge in [0, 0.05) is 23.2 Å². The molecule has 15 heavy (non-hydrogen) atoms. The number of methoxy groups -OCH3 is 1. The van der Waals surface area contributed by atoms with E-state index in [4.69, 9.17) is 4.74 Å². The topological polar surface area (TPSA) is 9.23 Å². The van der Waals surface area contributed by atoms with E-state index in [2.05, 4.69) is 63.0 Å². The summed E-state index contributed by atoms with van der Waals surface area (Å²) in [6, 6.07) is 8.64. The van der Waals surface area contributed by atoms with Gasteiger partial charge < -0.3 is 4.74 Å². The van der Waals surface area contributed by atoms with E-state index in [0.29, 0.717) is 6.61 Å². The summed E-state index contributed by atoms with van der Waals surface area (Å²) < 4.78 is 5.31. The van der Waals surface area contributed by atoms with Gasteiger partial charge in [-0.25, -0.2) is 0 Å². The van der Waals surface area contributed by atoms with E-state index in [1.807, 2.05) is 0 Å². The lowest BCUT2D eigenvalue weighted by molar-refractivity contribution is 0.152. The first-order chi connectivity index (χ1) is 7.18. The maximum Gasteiger partial charge on any atom is 0.0575 e. The van der Waals surface area contributed by atoms with Crippen LogP contribution < -0.4 is 0 Å². The van der Waals surface area contributed by atoms with Gasteiger partial charge in [-0.3, -0.25) is 0 Å². The molecule has 1 aromatic rings. The summed E-state index contributed by atoms with van der Waals surface area (Å²) in [4.78, 5) is 0. The molecule has 0 heterocycles. The fraction of sp³-hybridized carbons (Fsp3) is 0.500. The van der Waals surface area contributed by atoms with Crippen LogP contribution in [0.2, 0.25) is 0 Å². The number of aryl methyl sites for hydroxylation is 1. The van der Waals surface area contributed by atoms with Crippen molar-refractivity contribution in [3.8, 4) is 0 Å². The van der Waals surface area contributed by atoms with Crippen molar-refractivity contribution in [2.45, 2.75) is 12.3 Å². The van der Waals surface area contributed by atoms with Crippen molar-refractivity contribution in [3.63, 3.8) is 0 Å². The molecule has 1 nitrogen and oxygen atoms in total. The molecule has 0 saturated heterocycles. The molecule has 0 spiro atoms. The maximum atomic E-state index is 5.31. The average molecular weight is 336 g/mol. The lowest BCUT2D eigenvalue weighted by Crippen LogP contribution is -2.35. The standard InChI is InChI=1S/C12H16Br2O/c1-10-3-5-11(6-4-10)12(7-13,8-14)9-15-2/h3-6H,7-9H2,1-2H3. The Hall–Kier alpha value is 0.140. The van der Waals surface area contributed by atoms with Crippen LogP contribution in [0.1, 0.15) is 11.1 Å². The van der Waals surface area contributed by atoms with Gasteiger partial charge in [-0.15, -0.1) is 0 Å². The Morgan fingerprint density at radius 1 is 1.13 bits per heavy atom. The highest BCUT2D eigenvalue weighted by Crippen LogP contribution is 2.29. The van der Waals surface area contributed by atoms with Crippen LogP contribution in [-0.4, -0.2) is 24.4 Å². The highest BCUT2D eigenvalue weighted by molar-refractivity contribution is 9.09. The first-order valence-corrected chi connectivity index (χ1v) is 7.11. The third-order valence-electron chi connectivity index (χ3n) is 2.60. The quantitative estimate of drug-likeness (QED) is 0.746. The van der Waals surface area contributed by atoms with Crippen LogP contribution >= 0.6 is 31.9 Å². The van der Waals surface area contributed by atoms with Crippen LogP contribution in [0.5, 0.6) is 0 Å². The molecule has 0 aliphatic heterocycles. The van der Waals surface area contributed by atoms with E-state index in [1.165, 1.54) is 11.1 Å². The molecule has 0 bridgehead atoms. The summed E-state index contributed by atoms with van der Waals surface area (Å²) in [5.74, 6) is 0. The van der Waals surface area contributed by atoms with Crippen LogP contribution in [0, 0.1) is 6.92 Å². The Bertz CT molecular complexity index is 291. The zero-order valence-electron chi connectivity index (χ0n) is 9.09. The van der Waals surface area contributed by atoms with Crippen molar-refractivity contribution in [2.24, 2.45) is 0 Å². The second kappa shape index (κ2) is 6.02. The smallest absolute Gasteiger partial charge is 0.0575 e. The van der Waals surface area contributed by atoms with Crippen LogP contribution in [-0.2, 0) is 10.2 Å². The second-order valence-electron chi connectivity index (χ2n) is 3.85. The highest BCUT2D eigenvalue weighted by atomic mass is 79.9. The number of hydrogen-bond acceptors (Lipinski definition) is 1. The van der Waals surface area contributed by atoms with E-state index in [-0.39, 0.29) is 5.41 Å². The minimum Gasteiger partial charge on any atom is -0.384 e.